The van der Waals surface area contributed by atoms with Crippen LogP contribution in [0.1, 0.15) is 115 Å². The van der Waals surface area contributed by atoms with Crippen molar-refractivity contribution in [3.8, 4) is 0 Å². The molecule has 0 heterocycles. The van der Waals surface area contributed by atoms with Gasteiger partial charge in [-0.2, -0.15) is 0 Å². The second kappa shape index (κ2) is 14.5. The maximum atomic E-state index is 12.3. The van der Waals surface area contributed by atoms with Crippen LogP contribution >= 0.6 is 0 Å². The van der Waals surface area contributed by atoms with Gasteiger partial charge in [0.05, 0.1) is 66.3 Å². The van der Waals surface area contributed by atoms with E-state index < -0.39 is 35.7 Å². The summed E-state index contributed by atoms with van der Waals surface area (Å²) in [5.74, 6) is -2.58. The maximum absolute atomic E-state index is 12.3. The van der Waals surface area contributed by atoms with Crippen LogP contribution in [0.4, 0.5) is 17.6 Å². The van der Waals surface area contributed by atoms with E-state index in [-0.39, 0.29) is 42.0 Å². The number of hydrogen-bond donors (Lipinski definition) is 1. The van der Waals surface area contributed by atoms with Crippen LogP contribution in [-0.4, -0.2) is 77.8 Å². The molecular weight excluding hydrogens is 540 g/mol. The Morgan fingerprint density at radius 3 is 1.29 bits per heavy atom. The number of hydrogen-bond acceptors (Lipinski definition) is 5. The molecule has 5 nitrogen and oxygen atoms in total. The predicted octanol–water partition coefficient (Wildman–Crippen LogP) is 8.10. The average Bonchev–Trinajstić information content (AvgIpc) is 3.63. The van der Waals surface area contributed by atoms with Gasteiger partial charge in [0.15, 0.2) is 0 Å². The lowest BCUT2D eigenvalue weighted by Crippen LogP contribution is -2.26. The van der Waals surface area contributed by atoms with E-state index in [4.69, 9.17) is 18.9 Å². The fourth-order valence-electron chi connectivity index (χ4n) is 2.92. The van der Waals surface area contributed by atoms with Crippen molar-refractivity contribution < 1.29 is 41.6 Å². The van der Waals surface area contributed by atoms with Crippen LogP contribution in [0.15, 0.2) is 0 Å². The minimum atomic E-state index is -2.44. The standard InChI is InChI=1S/2C8H14F2O.C8H16O2.C8H16O/c1-7(2,3)11-5-6-4-8(6,9)10;1-8(2,3)11-4-5-6(9)7(5)10;1-7(2,3)10-6-8(9)4-5-8;1-8(2,3)9-6-7-4-5-7/h6H,4-5H2,1-3H3;5-7H,4H2,1-3H3;9H,4-6H2,1-3H3;7H,4-6H2,1-3H3. The summed E-state index contributed by atoms with van der Waals surface area (Å²) in [5.41, 5.74) is -1.09. The van der Waals surface area contributed by atoms with Gasteiger partial charge in [0, 0.05) is 6.42 Å². The summed E-state index contributed by atoms with van der Waals surface area (Å²) in [7, 11) is 0. The van der Waals surface area contributed by atoms with Gasteiger partial charge in [-0.3, -0.25) is 0 Å². The highest BCUT2D eigenvalue weighted by atomic mass is 19.3. The van der Waals surface area contributed by atoms with Crippen molar-refractivity contribution in [1.82, 2.24) is 0 Å². The number of alkyl halides is 4. The van der Waals surface area contributed by atoms with Crippen molar-refractivity contribution in [3.63, 3.8) is 0 Å². The van der Waals surface area contributed by atoms with Crippen LogP contribution in [0.5, 0.6) is 0 Å². The summed E-state index contributed by atoms with van der Waals surface area (Å²) in [5, 5.41) is 9.37. The van der Waals surface area contributed by atoms with Gasteiger partial charge in [-0.1, -0.05) is 0 Å². The first kappa shape index (κ1) is 38.5. The average molecular weight is 601 g/mol. The number of rotatable bonds is 8. The molecule has 0 radical (unpaired) electrons. The van der Waals surface area contributed by atoms with E-state index >= 15 is 0 Å². The molecule has 0 bridgehead atoms. The highest BCUT2D eigenvalue weighted by Crippen LogP contribution is 2.49. The molecule has 3 unspecified atom stereocenters. The Morgan fingerprint density at radius 1 is 0.634 bits per heavy atom. The quantitative estimate of drug-likeness (QED) is 0.285. The SMILES string of the molecule is CC(C)(C)OCC1(O)CC1.CC(C)(C)OCC1C(F)C1F.CC(C)(C)OCC1CC1.CC(C)(C)OCC1CC1(F)F. The normalized spacial score (nSPS) is 27.7. The molecule has 0 spiro atoms. The molecule has 0 aromatic carbocycles. The van der Waals surface area contributed by atoms with Crippen LogP contribution in [0.25, 0.3) is 0 Å². The van der Waals surface area contributed by atoms with E-state index in [1.807, 2.05) is 62.3 Å². The highest BCUT2D eigenvalue weighted by Gasteiger charge is 2.57. The molecule has 4 aliphatic carbocycles. The zero-order valence-electron chi connectivity index (χ0n) is 27.8. The lowest BCUT2D eigenvalue weighted by atomic mass is 10.2. The minimum absolute atomic E-state index is 0.00306. The summed E-state index contributed by atoms with van der Waals surface area (Å²) in [6.45, 7) is 25.4. The summed E-state index contributed by atoms with van der Waals surface area (Å²) in [6.07, 6.45) is 2.02. The van der Waals surface area contributed by atoms with Crippen LogP contribution < -0.4 is 0 Å². The fourth-order valence-corrected chi connectivity index (χ4v) is 2.92. The third-order valence-electron chi connectivity index (χ3n) is 6.41. The van der Waals surface area contributed by atoms with Gasteiger partial charge in [-0.25, -0.2) is 17.6 Å². The van der Waals surface area contributed by atoms with E-state index in [0.29, 0.717) is 6.61 Å². The van der Waals surface area contributed by atoms with Crippen molar-refractivity contribution in [2.75, 3.05) is 26.4 Å². The molecule has 4 fully saturated rings. The molecule has 0 aromatic heterocycles. The molecular formula is C32H60F4O5. The first-order valence-electron chi connectivity index (χ1n) is 15.2. The topological polar surface area (TPSA) is 57.2 Å². The third-order valence-corrected chi connectivity index (χ3v) is 6.41. The summed E-state index contributed by atoms with van der Waals surface area (Å²) >= 11 is 0. The Bertz CT molecular complexity index is 727. The number of aliphatic hydroxyl groups is 1. The first-order chi connectivity index (χ1) is 18.2. The van der Waals surface area contributed by atoms with Crippen molar-refractivity contribution in [2.24, 2.45) is 17.8 Å². The van der Waals surface area contributed by atoms with E-state index in [9.17, 15) is 22.7 Å². The largest absolute Gasteiger partial charge is 0.387 e. The molecule has 0 saturated heterocycles. The van der Waals surface area contributed by atoms with Gasteiger partial charge >= 0.3 is 0 Å². The van der Waals surface area contributed by atoms with Crippen molar-refractivity contribution in [2.45, 2.75) is 161 Å². The van der Waals surface area contributed by atoms with Gasteiger partial charge in [0.1, 0.15) is 12.3 Å². The lowest BCUT2D eigenvalue weighted by Gasteiger charge is -2.21. The van der Waals surface area contributed by atoms with Crippen molar-refractivity contribution in [3.05, 3.63) is 0 Å². The molecule has 4 aliphatic rings. The van der Waals surface area contributed by atoms with E-state index in [1.165, 1.54) is 12.8 Å². The molecule has 3 atom stereocenters. The van der Waals surface area contributed by atoms with Gasteiger partial charge in [0.2, 0.25) is 0 Å². The Hall–Kier alpha value is -0.480. The summed E-state index contributed by atoms with van der Waals surface area (Å²) < 4.78 is 70.5. The zero-order valence-corrected chi connectivity index (χ0v) is 27.8. The lowest BCUT2D eigenvalue weighted by molar-refractivity contribution is -0.0582. The highest BCUT2D eigenvalue weighted by molar-refractivity contribution is 4.99. The van der Waals surface area contributed by atoms with Crippen LogP contribution in [0, 0.1) is 17.8 Å². The smallest absolute Gasteiger partial charge is 0.253 e. The van der Waals surface area contributed by atoms with Gasteiger partial charge in [-0.15, -0.1) is 0 Å². The first-order valence-corrected chi connectivity index (χ1v) is 15.2. The Labute approximate surface area is 247 Å². The Balaban J connectivity index is 0.000000274. The predicted molar refractivity (Wildman–Crippen MR) is 156 cm³/mol. The molecule has 1 N–H and O–H groups in total. The molecule has 0 aromatic rings. The molecule has 41 heavy (non-hydrogen) atoms. The monoisotopic (exact) mass is 600 g/mol. The molecule has 4 rings (SSSR count). The molecule has 4 saturated carbocycles. The van der Waals surface area contributed by atoms with E-state index in [2.05, 4.69) is 20.8 Å². The van der Waals surface area contributed by atoms with Gasteiger partial charge in [0.25, 0.3) is 5.92 Å². The van der Waals surface area contributed by atoms with Crippen LogP contribution in [0.3, 0.4) is 0 Å². The Morgan fingerprint density at radius 2 is 1.00 bits per heavy atom. The van der Waals surface area contributed by atoms with Gasteiger partial charge < -0.3 is 24.1 Å². The fraction of sp³-hybridized carbons (Fsp3) is 1.00. The number of halogens is 4. The van der Waals surface area contributed by atoms with Crippen molar-refractivity contribution in [1.29, 1.82) is 0 Å². The maximum Gasteiger partial charge on any atom is 0.253 e. The molecule has 246 valence electrons. The summed E-state index contributed by atoms with van der Waals surface area (Å²) in [6, 6.07) is 0. The summed E-state index contributed by atoms with van der Waals surface area (Å²) in [4.78, 5) is 0. The van der Waals surface area contributed by atoms with Crippen LogP contribution in [-0.2, 0) is 18.9 Å². The second-order valence-electron chi connectivity index (χ2n) is 16.1. The zero-order chi connectivity index (χ0) is 32.1. The molecule has 0 amide bonds. The number of ether oxygens (including phenoxy) is 4. The second-order valence-corrected chi connectivity index (χ2v) is 16.1. The van der Waals surface area contributed by atoms with Crippen LogP contribution in [0.2, 0.25) is 0 Å². The minimum Gasteiger partial charge on any atom is -0.387 e. The molecule has 0 aliphatic heterocycles. The van der Waals surface area contributed by atoms with E-state index in [1.54, 1.807) is 0 Å². The van der Waals surface area contributed by atoms with Crippen molar-refractivity contribution >= 4 is 0 Å². The third kappa shape index (κ3) is 21.0. The van der Waals surface area contributed by atoms with Gasteiger partial charge in [-0.05, 0) is 115 Å². The Kier molecular flexibility index (Phi) is 13.7. The molecule has 9 heteroatoms. The van der Waals surface area contributed by atoms with E-state index in [0.717, 1.165) is 25.4 Å².